The lowest BCUT2D eigenvalue weighted by Gasteiger charge is -2.19. The fourth-order valence-corrected chi connectivity index (χ4v) is 3.07. The second kappa shape index (κ2) is 8.34. The van der Waals surface area contributed by atoms with Crippen molar-refractivity contribution in [1.82, 2.24) is 0 Å². The van der Waals surface area contributed by atoms with Gasteiger partial charge < -0.3 is 9.47 Å². The minimum Gasteiger partial charge on any atom is -0.497 e. The van der Waals surface area contributed by atoms with Crippen molar-refractivity contribution in [2.24, 2.45) is 0 Å². The van der Waals surface area contributed by atoms with Crippen LogP contribution in [0.4, 0.5) is 0 Å². The summed E-state index contributed by atoms with van der Waals surface area (Å²) in [4.78, 5) is 12.8. The maximum Gasteiger partial charge on any atom is 0.163 e. The summed E-state index contributed by atoms with van der Waals surface area (Å²) < 4.78 is 10.8. The highest BCUT2D eigenvalue weighted by molar-refractivity contribution is 5.96. The fraction of sp³-hybridized carbons (Fsp3) is 0.174. The zero-order chi connectivity index (χ0) is 18.4. The van der Waals surface area contributed by atoms with Crippen LogP contribution in [-0.2, 0) is 0 Å². The van der Waals surface area contributed by atoms with E-state index in [9.17, 15) is 4.79 Å². The topological polar surface area (TPSA) is 35.5 Å². The van der Waals surface area contributed by atoms with Crippen LogP contribution in [0.3, 0.4) is 0 Å². The standard InChI is InChI=1S/C23H22O3/c1-25-20-13-19(14-21(15-20)26-2)22(17-9-5-3-6-10-17)16-23(24)18-11-7-4-8-12-18/h3-15,22H,16H2,1-2H3/t22-/m1/s1. The molecule has 0 saturated heterocycles. The highest BCUT2D eigenvalue weighted by Crippen LogP contribution is 2.34. The molecule has 0 N–H and O–H groups in total. The molecule has 0 heterocycles. The van der Waals surface area contributed by atoms with Crippen LogP contribution in [0, 0.1) is 0 Å². The van der Waals surface area contributed by atoms with Crippen molar-refractivity contribution in [2.45, 2.75) is 12.3 Å². The Balaban J connectivity index is 2.01. The average molecular weight is 346 g/mol. The first-order valence-corrected chi connectivity index (χ1v) is 8.57. The molecule has 0 aromatic heterocycles. The summed E-state index contributed by atoms with van der Waals surface area (Å²) in [6.45, 7) is 0. The first-order chi connectivity index (χ1) is 12.7. The normalized spacial score (nSPS) is 11.6. The van der Waals surface area contributed by atoms with Gasteiger partial charge in [-0.3, -0.25) is 4.79 Å². The number of benzene rings is 3. The summed E-state index contributed by atoms with van der Waals surface area (Å²) in [5, 5.41) is 0. The molecule has 0 saturated carbocycles. The van der Waals surface area contributed by atoms with Crippen molar-refractivity contribution in [1.29, 1.82) is 0 Å². The van der Waals surface area contributed by atoms with E-state index in [1.54, 1.807) is 14.2 Å². The SMILES string of the molecule is COc1cc(OC)cc([C@H](CC(=O)c2ccccc2)c2ccccc2)c1. The number of hydrogen-bond donors (Lipinski definition) is 0. The summed E-state index contributed by atoms with van der Waals surface area (Å²) in [5.41, 5.74) is 2.81. The minimum absolute atomic E-state index is 0.0760. The number of ether oxygens (including phenoxy) is 2. The Labute approximate surface area is 154 Å². The Morgan fingerprint density at radius 1 is 0.769 bits per heavy atom. The number of methoxy groups -OCH3 is 2. The van der Waals surface area contributed by atoms with E-state index in [0.717, 1.165) is 16.7 Å². The van der Waals surface area contributed by atoms with E-state index < -0.39 is 0 Å². The summed E-state index contributed by atoms with van der Waals surface area (Å²) >= 11 is 0. The van der Waals surface area contributed by atoms with Gasteiger partial charge in [-0.05, 0) is 23.3 Å². The van der Waals surface area contributed by atoms with Crippen LogP contribution in [0.2, 0.25) is 0 Å². The Bertz CT molecular complexity index is 835. The van der Waals surface area contributed by atoms with Crippen LogP contribution >= 0.6 is 0 Å². The van der Waals surface area contributed by atoms with E-state index in [-0.39, 0.29) is 11.7 Å². The lowest BCUT2D eigenvalue weighted by atomic mass is 9.85. The molecule has 0 unspecified atom stereocenters. The Morgan fingerprint density at radius 3 is 1.85 bits per heavy atom. The fourth-order valence-electron chi connectivity index (χ4n) is 3.07. The number of ketones is 1. The first-order valence-electron chi connectivity index (χ1n) is 8.57. The van der Waals surface area contributed by atoms with E-state index in [1.165, 1.54) is 0 Å². The summed E-state index contributed by atoms with van der Waals surface area (Å²) in [5.74, 6) is 1.47. The number of rotatable bonds is 7. The maximum absolute atomic E-state index is 12.8. The molecule has 0 aliphatic rings. The number of carbonyl (C=O) groups is 1. The van der Waals surface area contributed by atoms with E-state index in [0.29, 0.717) is 17.9 Å². The van der Waals surface area contributed by atoms with Crippen LogP contribution in [0.15, 0.2) is 78.9 Å². The molecule has 0 aliphatic heterocycles. The monoisotopic (exact) mass is 346 g/mol. The Hall–Kier alpha value is -3.07. The molecular weight excluding hydrogens is 324 g/mol. The average Bonchev–Trinajstić information content (AvgIpc) is 2.72. The van der Waals surface area contributed by atoms with Crippen LogP contribution in [0.5, 0.6) is 11.5 Å². The summed E-state index contributed by atoms with van der Waals surface area (Å²) in [6.07, 6.45) is 0.379. The number of carbonyl (C=O) groups excluding carboxylic acids is 1. The van der Waals surface area contributed by atoms with Crippen molar-refractivity contribution in [3.8, 4) is 11.5 Å². The Kier molecular flexibility index (Phi) is 5.69. The van der Waals surface area contributed by atoms with Gasteiger partial charge in [-0.1, -0.05) is 60.7 Å². The number of Topliss-reactive ketones (excluding diaryl/α,β-unsaturated/α-hetero) is 1. The zero-order valence-corrected chi connectivity index (χ0v) is 15.0. The third kappa shape index (κ3) is 4.12. The van der Waals surface area contributed by atoms with Gasteiger partial charge >= 0.3 is 0 Å². The van der Waals surface area contributed by atoms with Crippen LogP contribution in [0.25, 0.3) is 0 Å². The van der Waals surface area contributed by atoms with Crippen molar-refractivity contribution >= 4 is 5.78 Å². The quantitative estimate of drug-likeness (QED) is 0.558. The minimum atomic E-state index is -0.0760. The second-order valence-corrected chi connectivity index (χ2v) is 6.10. The van der Waals surface area contributed by atoms with E-state index in [4.69, 9.17) is 9.47 Å². The van der Waals surface area contributed by atoms with E-state index >= 15 is 0 Å². The van der Waals surface area contributed by atoms with E-state index in [2.05, 4.69) is 12.1 Å². The molecular formula is C23H22O3. The van der Waals surface area contributed by atoms with Gasteiger partial charge in [0.05, 0.1) is 14.2 Å². The largest absolute Gasteiger partial charge is 0.497 e. The molecule has 1 atom stereocenters. The molecule has 132 valence electrons. The predicted molar refractivity (Wildman–Crippen MR) is 103 cm³/mol. The highest BCUT2D eigenvalue weighted by atomic mass is 16.5. The van der Waals surface area contributed by atoms with Crippen LogP contribution in [-0.4, -0.2) is 20.0 Å². The van der Waals surface area contributed by atoms with Crippen LogP contribution in [0.1, 0.15) is 33.8 Å². The Morgan fingerprint density at radius 2 is 1.31 bits per heavy atom. The van der Waals surface area contributed by atoms with Crippen molar-refractivity contribution in [3.05, 3.63) is 95.6 Å². The molecule has 3 aromatic carbocycles. The third-order valence-corrected chi connectivity index (χ3v) is 4.46. The molecule has 3 aromatic rings. The smallest absolute Gasteiger partial charge is 0.163 e. The van der Waals surface area contributed by atoms with Crippen LogP contribution < -0.4 is 9.47 Å². The lowest BCUT2D eigenvalue weighted by Crippen LogP contribution is -2.09. The molecule has 3 nitrogen and oxygen atoms in total. The summed E-state index contributed by atoms with van der Waals surface area (Å²) in [6, 6.07) is 25.3. The molecule has 26 heavy (non-hydrogen) atoms. The first kappa shape index (κ1) is 17.7. The van der Waals surface area contributed by atoms with Gasteiger partial charge in [-0.25, -0.2) is 0 Å². The second-order valence-electron chi connectivity index (χ2n) is 6.10. The van der Waals surface area contributed by atoms with Crippen molar-refractivity contribution < 1.29 is 14.3 Å². The van der Waals surface area contributed by atoms with Crippen molar-refractivity contribution in [2.75, 3.05) is 14.2 Å². The van der Waals surface area contributed by atoms with Crippen molar-refractivity contribution in [3.63, 3.8) is 0 Å². The van der Waals surface area contributed by atoms with Gasteiger partial charge in [-0.2, -0.15) is 0 Å². The van der Waals surface area contributed by atoms with Gasteiger partial charge in [0.1, 0.15) is 11.5 Å². The molecule has 0 spiro atoms. The van der Waals surface area contributed by atoms with Gasteiger partial charge in [0.2, 0.25) is 0 Å². The predicted octanol–water partition coefficient (Wildman–Crippen LogP) is 5.11. The maximum atomic E-state index is 12.8. The van der Waals surface area contributed by atoms with Gasteiger partial charge in [0.15, 0.2) is 5.78 Å². The molecule has 0 radical (unpaired) electrons. The van der Waals surface area contributed by atoms with Gasteiger partial charge in [-0.15, -0.1) is 0 Å². The number of hydrogen-bond acceptors (Lipinski definition) is 3. The lowest BCUT2D eigenvalue weighted by molar-refractivity contribution is 0.0977. The zero-order valence-electron chi connectivity index (χ0n) is 15.0. The molecule has 3 heteroatoms. The molecule has 0 bridgehead atoms. The highest BCUT2D eigenvalue weighted by Gasteiger charge is 2.20. The third-order valence-electron chi connectivity index (χ3n) is 4.46. The van der Waals surface area contributed by atoms with E-state index in [1.807, 2.05) is 66.7 Å². The summed E-state index contributed by atoms with van der Waals surface area (Å²) in [7, 11) is 3.26. The molecule has 0 fully saturated rings. The molecule has 3 rings (SSSR count). The van der Waals surface area contributed by atoms with Gasteiger partial charge in [0, 0.05) is 24.0 Å². The molecule has 0 aliphatic carbocycles. The van der Waals surface area contributed by atoms with Gasteiger partial charge in [0.25, 0.3) is 0 Å². The molecule has 0 amide bonds.